The number of amides is 8. The van der Waals surface area contributed by atoms with E-state index in [4.69, 9.17) is 11.5 Å². The number of carboxylic acid groups (broad SMARTS) is 1. The fraction of sp³-hybridized carbons (Fsp3) is 0.588. The van der Waals surface area contributed by atoms with Crippen molar-refractivity contribution in [2.45, 2.75) is 150 Å². The lowest BCUT2D eigenvalue weighted by Gasteiger charge is -2.33. The summed E-state index contributed by atoms with van der Waals surface area (Å²) in [6.07, 6.45) is 1.72. The molecule has 406 valence electrons. The van der Waals surface area contributed by atoms with Gasteiger partial charge in [0.15, 0.2) is 0 Å². The summed E-state index contributed by atoms with van der Waals surface area (Å²) in [6, 6.07) is 5.78. The predicted octanol–water partition coefficient (Wildman–Crippen LogP) is 1.32. The molecule has 3 heterocycles. The molecule has 2 saturated heterocycles. The van der Waals surface area contributed by atoms with Gasteiger partial charge in [-0.15, -0.1) is 0 Å². The molecule has 2 bridgehead atoms. The van der Waals surface area contributed by atoms with Crippen LogP contribution < -0.4 is 38.1 Å². The van der Waals surface area contributed by atoms with E-state index in [1.54, 1.807) is 42.1 Å². The number of thioether (sulfide) groups is 3. The summed E-state index contributed by atoms with van der Waals surface area (Å²) < 4.78 is 0. The zero-order valence-electron chi connectivity index (χ0n) is 42.2. The van der Waals surface area contributed by atoms with Gasteiger partial charge in [0.05, 0.1) is 6.10 Å². The molecule has 20 nitrogen and oxygen atoms in total. The van der Waals surface area contributed by atoms with Gasteiger partial charge in [-0.1, -0.05) is 68.3 Å². The van der Waals surface area contributed by atoms with Gasteiger partial charge in [0.1, 0.15) is 42.3 Å². The molecule has 2 aromatic carbocycles. The highest BCUT2D eigenvalue weighted by Crippen LogP contribution is 2.28. The number of nitrogens with zero attached hydrogens (tertiary/aromatic N) is 2. The van der Waals surface area contributed by atoms with Crippen molar-refractivity contribution in [3.05, 3.63) is 70.8 Å². The number of rotatable bonds is 16. The monoisotopic (exact) mass is 1080 g/mol. The van der Waals surface area contributed by atoms with E-state index in [1.165, 1.54) is 40.2 Å². The number of fused-ring (bicyclic) bond motifs is 4. The first-order chi connectivity index (χ1) is 35.5. The number of benzene rings is 2. The fourth-order valence-corrected chi connectivity index (χ4v) is 11.8. The Balaban J connectivity index is 1.51. The highest BCUT2D eigenvalue weighted by Gasteiger charge is 2.44. The number of hydrogen-bond acceptors (Lipinski definition) is 14. The lowest BCUT2D eigenvalue weighted by molar-refractivity contribution is -0.148. The van der Waals surface area contributed by atoms with Gasteiger partial charge in [0.2, 0.25) is 47.3 Å². The minimum Gasteiger partial charge on any atom is -0.480 e. The highest BCUT2D eigenvalue weighted by atomic mass is 32.2. The number of nitrogens with one attached hydrogen (secondary N) is 5. The van der Waals surface area contributed by atoms with Gasteiger partial charge in [-0.3, -0.25) is 38.4 Å². The molecule has 8 atom stereocenters. The first-order valence-electron chi connectivity index (χ1n) is 25.4. The molecular weight excluding hydrogens is 1010 g/mol. The number of carboxylic acids is 1. The molecule has 0 radical (unpaired) electrons. The first kappa shape index (κ1) is 59.5. The van der Waals surface area contributed by atoms with Crippen LogP contribution in [0.15, 0.2) is 48.5 Å². The van der Waals surface area contributed by atoms with E-state index < -0.39 is 95.7 Å². The zero-order chi connectivity index (χ0) is 53.7. The Morgan fingerprint density at radius 1 is 0.784 bits per heavy atom. The Hall–Kier alpha value is -5.36. The maximum atomic E-state index is 14.6. The standard InChI is InChI=1S/C51H73N9O11S3/c1-3-4-6-15-43(63)54-38-29-73-27-34-22-33(26-72-21-18-52)23-35(24-34)28-74-30-39(51(70)71)57-46(65)37(25-32-11-7-5-8-12-32)56-45(64)36(16-17-42(53)62)55-48(67)44(31(2)61)58-47(66)40-13-9-19-59(40)50(69)41-14-10-20-60(41)49(38)68/h5,7-8,11-12,22-24,31,36-41,44,61H,3-4,6,9-10,13-21,25-30,52H2,1-2H3,(H2,53,62)(H,54,63)(H,55,67)(H,56,64)(H,57,65)(H,58,66)(H,70,71). The number of nitrogens with two attached hydrogens (primary N) is 2. The Morgan fingerprint density at radius 3 is 2.05 bits per heavy atom. The fourth-order valence-electron chi connectivity index (χ4n) is 9.16. The number of unbranched alkanes of at least 4 members (excludes halogenated alkanes) is 2. The van der Waals surface area contributed by atoms with Crippen LogP contribution in [0.4, 0.5) is 0 Å². The smallest absolute Gasteiger partial charge is 0.327 e. The van der Waals surface area contributed by atoms with Crippen LogP contribution in [0.25, 0.3) is 0 Å². The summed E-state index contributed by atoms with van der Waals surface area (Å²) >= 11 is 4.39. The molecule has 8 amide bonds. The summed E-state index contributed by atoms with van der Waals surface area (Å²) in [4.78, 5) is 127. The number of aliphatic hydroxyl groups is 1. The summed E-state index contributed by atoms with van der Waals surface area (Å²) in [5.74, 6) is -4.48. The normalized spacial score (nSPS) is 24.5. The number of carbonyl (C=O) groups excluding carboxylic acids is 8. The molecule has 2 aromatic rings. The number of aliphatic carboxylic acids is 1. The van der Waals surface area contributed by atoms with Gasteiger partial charge in [0.25, 0.3) is 0 Å². The van der Waals surface area contributed by atoms with E-state index in [0.29, 0.717) is 55.1 Å². The lowest BCUT2D eigenvalue weighted by Crippen LogP contribution is -2.61. The van der Waals surface area contributed by atoms with Crippen LogP contribution in [0.3, 0.4) is 0 Å². The third-order valence-corrected chi connectivity index (χ3v) is 16.2. The van der Waals surface area contributed by atoms with E-state index >= 15 is 0 Å². The van der Waals surface area contributed by atoms with Crippen LogP contribution in [-0.2, 0) is 66.8 Å². The topological polar surface area (TPSA) is 313 Å². The van der Waals surface area contributed by atoms with Crippen molar-refractivity contribution in [1.29, 1.82) is 0 Å². The molecule has 74 heavy (non-hydrogen) atoms. The second kappa shape index (κ2) is 30.3. The van der Waals surface area contributed by atoms with Crippen molar-refractivity contribution in [2.75, 3.05) is 36.9 Å². The Labute approximate surface area is 445 Å². The largest absolute Gasteiger partial charge is 0.480 e. The molecule has 3 aliphatic rings. The Morgan fingerprint density at radius 2 is 1.42 bits per heavy atom. The lowest BCUT2D eigenvalue weighted by atomic mass is 10.0. The number of hydrogen-bond donors (Lipinski definition) is 9. The summed E-state index contributed by atoms with van der Waals surface area (Å²) in [5, 5.41) is 34.5. The van der Waals surface area contributed by atoms with Crippen molar-refractivity contribution < 1.29 is 53.4 Å². The third kappa shape index (κ3) is 18.2. The highest BCUT2D eigenvalue weighted by molar-refractivity contribution is 7.99. The molecule has 3 aliphatic heterocycles. The third-order valence-electron chi connectivity index (χ3n) is 13.0. The molecule has 11 N–H and O–H groups in total. The van der Waals surface area contributed by atoms with Gasteiger partial charge in [0, 0.05) is 73.4 Å². The summed E-state index contributed by atoms with van der Waals surface area (Å²) in [5.41, 5.74) is 14.7. The molecule has 23 heteroatoms. The van der Waals surface area contributed by atoms with Crippen molar-refractivity contribution >= 4 is 88.5 Å². The number of primary amides is 1. The quantitative estimate of drug-likeness (QED) is 0.107. The minimum atomic E-state index is -1.67. The SMILES string of the molecule is CCCCCC(=O)NC1CSCc2cc(CSCCN)cc(c2)CSCC(C(=O)O)NC(=O)C(Cc2ccccc2)NC(=O)C(CCC(N)=O)NC(=O)C(C(C)O)NC(=O)C2CCCN2C(=O)C2CCCN2C1=O. The molecule has 8 unspecified atom stereocenters. The van der Waals surface area contributed by atoms with E-state index in [0.717, 1.165) is 35.3 Å². The van der Waals surface area contributed by atoms with E-state index in [9.17, 15) is 53.4 Å². The first-order valence-corrected chi connectivity index (χ1v) is 28.9. The molecule has 0 saturated carbocycles. The minimum absolute atomic E-state index is 0.0621. The van der Waals surface area contributed by atoms with E-state index in [2.05, 4.69) is 32.7 Å². The van der Waals surface area contributed by atoms with Gasteiger partial charge in [-0.2, -0.15) is 35.3 Å². The second-order valence-corrected chi connectivity index (χ2v) is 22.1. The van der Waals surface area contributed by atoms with E-state index in [-0.39, 0.29) is 62.6 Å². The van der Waals surface area contributed by atoms with Gasteiger partial charge in [-0.25, -0.2) is 4.79 Å². The molecular formula is C51H73N9O11S3. The van der Waals surface area contributed by atoms with Crippen LogP contribution in [0.1, 0.15) is 100 Å². The Bertz CT molecular complexity index is 2280. The second-order valence-electron chi connectivity index (χ2n) is 18.9. The van der Waals surface area contributed by atoms with Crippen LogP contribution in [0, 0.1) is 0 Å². The van der Waals surface area contributed by atoms with Crippen molar-refractivity contribution in [3.63, 3.8) is 0 Å². The zero-order valence-corrected chi connectivity index (χ0v) is 44.7. The van der Waals surface area contributed by atoms with Crippen molar-refractivity contribution in [3.8, 4) is 0 Å². The summed E-state index contributed by atoms with van der Waals surface area (Å²) in [7, 11) is 0. The molecule has 2 fully saturated rings. The van der Waals surface area contributed by atoms with Crippen LogP contribution in [0.2, 0.25) is 0 Å². The Kier molecular flexibility index (Phi) is 24.3. The molecule has 0 aliphatic carbocycles. The number of aliphatic hydroxyl groups excluding tert-OH is 1. The van der Waals surface area contributed by atoms with Gasteiger partial charge in [-0.05, 0) is 67.7 Å². The predicted molar refractivity (Wildman–Crippen MR) is 285 cm³/mol. The van der Waals surface area contributed by atoms with Crippen molar-refractivity contribution in [2.24, 2.45) is 11.5 Å². The van der Waals surface area contributed by atoms with Gasteiger partial charge < -0.3 is 58.1 Å². The maximum Gasteiger partial charge on any atom is 0.327 e. The van der Waals surface area contributed by atoms with Crippen LogP contribution in [0.5, 0.6) is 0 Å². The van der Waals surface area contributed by atoms with Crippen molar-refractivity contribution in [1.82, 2.24) is 36.4 Å². The molecule has 0 aromatic heterocycles. The summed E-state index contributed by atoms with van der Waals surface area (Å²) in [6.45, 7) is 4.21. The van der Waals surface area contributed by atoms with Crippen LogP contribution in [-0.4, -0.2) is 159 Å². The van der Waals surface area contributed by atoms with Crippen LogP contribution >= 0.6 is 35.3 Å². The average Bonchev–Trinajstić information content (AvgIpc) is 4.07. The number of carbonyl (C=O) groups is 9. The van der Waals surface area contributed by atoms with E-state index in [1.807, 2.05) is 19.1 Å². The average molecular weight is 1080 g/mol. The molecule has 5 rings (SSSR count). The molecule has 0 spiro atoms. The van der Waals surface area contributed by atoms with Gasteiger partial charge >= 0.3 is 5.97 Å². The maximum absolute atomic E-state index is 14.6.